The van der Waals surface area contributed by atoms with Crippen LogP contribution in [0.3, 0.4) is 0 Å². The van der Waals surface area contributed by atoms with E-state index in [0.717, 1.165) is 25.7 Å². The summed E-state index contributed by atoms with van der Waals surface area (Å²) < 4.78 is 6.45. The topological polar surface area (TPSA) is 118 Å². The number of carbonyl (C=O) groups excluding carboxylic acids is 2. The average molecular weight is 450 g/mol. The van der Waals surface area contributed by atoms with Gasteiger partial charge in [-0.15, -0.1) is 5.10 Å². The lowest BCUT2D eigenvalue weighted by atomic mass is 9.84. The van der Waals surface area contributed by atoms with Gasteiger partial charge in [0.25, 0.3) is 5.91 Å². The van der Waals surface area contributed by atoms with Crippen molar-refractivity contribution in [3.63, 3.8) is 0 Å². The number of benzene rings is 2. The lowest BCUT2D eigenvalue weighted by molar-refractivity contribution is -0.150. The molecular formula is C24H27N5O4. The monoisotopic (exact) mass is 449 g/mol. The molecule has 1 aromatic heterocycles. The average Bonchev–Trinajstić information content (AvgIpc) is 3.20. The number of carbonyl (C=O) groups is 2. The molecule has 1 fully saturated rings. The highest BCUT2D eigenvalue weighted by Crippen LogP contribution is 2.26. The van der Waals surface area contributed by atoms with Crippen molar-refractivity contribution < 1.29 is 14.3 Å². The molecule has 0 aliphatic heterocycles. The van der Waals surface area contributed by atoms with Crippen molar-refractivity contribution in [3.8, 4) is 5.69 Å². The molecule has 1 heterocycles. The molecule has 33 heavy (non-hydrogen) atoms. The maximum Gasteiger partial charge on any atom is 0.349 e. The van der Waals surface area contributed by atoms with Crippen LogP contribution in [0.5, 0.6) is 0 Å². The number of rotatable bonds is 7. The molecular weight excluding hydrogens is 422 g/mol. The fraction of sp³-hybridized carbons (Fsp3) is 0.333. The van der Waals surface area contributed by atoms with E-state index in [1.807, 2.05) is 18.2 Å². The summed E-state index contributed by atoms with van der Waals surface area (Å²) in [4.78, 5) is 39.9. The third-order valence-electron chi connectivity index (χ3n) is 5.70. The van der Waals surface area contributed by atoms with Gasteiger partial charge >= 0.3 is 11.7 Å². The van der Waals surface area contributed by atoms with E-state index in [0.29, 0.717) is 29.5 Å². The number of aromatic nitrogens is 3. The number of amides is 1. The Morgan fingerprint density at radius 3 is 2.55 bits per heavy atom. The van der Waals surface area contributed by atoms with Gasteiger partial charge in [0.2, 0.25) is 5.95 Å². The van der Waals surface area contributed by atoms with Gasteiger partial charge in [-0.25, -0.2) is 4.79 Å². The predicted octanol–water partition coefficient (Wildman–Crippen LogP) is 3.16. The highest BCUT2D eigenvalue weighted by Gasteiger charge is 2.33. The predicted molar refractivity (Wildman–Crippen MR) is 124 cm³/mol. The number of hydrogen-bond donors (Lipinski definition) is 3. The van der Waals surface area contributed by atoms with Gasteiger partial charge in [0, 0.05) is 17.3 Å². The zero-order valence-corrected chi connectivity index (χ0v) is 18.4. The van der Waals surface area contributed by atoms with E-state index in [4.69, 9.17) is 4.74 Å². The van der Waals surface area contributed by atoms with Crippen molar-refractivity contribution in [1.82, 2.24) is 20.1 Å². The number of anilines is 2. The van der Waals surface area contributed by atoms with Gasteiger partial charge in [-0.3, -0.25) is 14.6 Å². The van der Waals surface area contributed by atoms with Crippen molar-refractivity contribution in [3.05, 3.63) is 70.6 Å². The maximum absolute atomic E-state index is 12.8. The van der Waals surface area contributed by atoms with Crippen LogP contribution < -0.4 is 16.3 Å². The Kier molecular flexibility index (Phi) is 6.87. The number of hydrogen-bond acceptors (Lipinski definition) is 6. The summed E-state index contributed by atoms with van der Waals surface area (Å²) in [6, 6.07) is 15.7. The Bertz CT molecular complexity index is 1150. The molecule has 0 unspecified atom stereocenters. The summed E-state index contributed by atoms with van der Waals surface area (Å²) in [6.45, 7) is 2.12. The van der Waals surface area contributed by atoms with Crippen LogP contribution in [-0.2, 0) is 9.53 Å². The van der Waals surface area contributed by atoms with Crippen LogP contribution in [0.15, 0.2) is 59.4 Å². The number of nitrogens with one attached hydrogen (secondary N) is 3. The van der Waals surface area contributed by atoms with Crippen LogP contribution in [0.4, 0.5) is 11.6 Å². The Morgan fingerprint density at radius 1 is 1.09 bits per heavy atom. The van der Waals surface area contributed by atoms with Gasteiger partial charge in [0.05, 0.1) is 18.2 Å². The molecule has 9 heteroatoms. The van der Waals surface area contributed by atoms with Crippen LogP contribution in [0.1, 0.15) is 43.0 Å². The number of H-pyrrole nitrogens is 1. The summed E-state index contributed by atoms with van der Waals surface area (Å²) in [7, 11) is 0. The van der Waals surface area contributed by atoms with E-state index in [2.05, 4.69) is 20.7 Å². The minimum atomic E-state index is -0.358. The second-order valence-electron chi connectivity index (χ2n) is 7.95. The molecule has 1 aliphatic carbocycles. The molecule has 9 nitrogen and oxygen atoms in total. The van der Waals surface area contributed by atoms with Gasteiger partial charge in [-0.05, 0) is 56.2 Å². The minimum absolute atomic E-state index is 0.227. The van der Waals surface area contributed by atoms with Crippen LogP contribution in [0, 0.1) is 5.92 Å². The second-order valence-corrected chi connectivity index (χ2v) is 7.95. The Hall–Kier alpha value is -3.88. The van der Waals surface area contributed by atoms with Gasteiger partial charge in [0.1, 0.15) is 0 Å². The number of esters is 1. The van der Waals surface area contributed by atoms with Crippen molar-refractivity contribution in [1.29, 1.82) is 0 Å². The molecule has 3 aromatic rings. The number of aromatic amines is 1. The molecule has 0 radical (unpaired) electrons. The van der Waals surface area contributed by atoms with E-state index in [9.17, 15) is 14.4 Å². The fourth-order valence-corrected chi connectivity index (χ4v) is 4.05. The first-order valence-corrected chi connectivity index (χ1v) is 11.1. The van der Waals surface area contributed by atoms with E-state index in [1.54, 1.807) is 43.3 Å². The molecule has 3 N–H and O–H groups in total. The van der Waals surface area contributed by atoms with E-state index >= 15 is 0 Å². The van der Waals surface area contributed by atoms with Crippen LogP contribution in [-0.4, -0.2) is 39.3 Å². The molecule has 1 saturated carbocycles. The molecule has 1 aliphatic rings. The standard InChI is InChI=1S/C24H27N5O4/c1-2-33-22(31)19-10-6-7-11-20(19)26-21(30)16-12-14-17(15-13-16)25-23-27-24(32)29(28-23)18-8-4-3-5-9-18/h3-5,8-9,12-15,19-20H,2,6-7,10-11H2,1H3,(H,26,30)(H2,25,27,28,32)/t19-,20+/m1/s1. The zero-order valence-electron chi connectivity index (χ0n) is 18.4. The van der Waals surface area contributed by atoms with Crippen LogP contribution in [0.25, 0.3) is 5.69 Å². The largest absolute Gasteiger partial charge is 0.466 e. The molecule has 4 rings (SSSR count). The summed E-state index contributed by atoms with van der Waals surface area (Å²) in [5.41, 5.74) is 1.45. The zero-order chi connectivity index (χ0) is 23.2. The SMILES string of the molecule is CCOC(=O)[C@@H]1CCCC[C@@H]1NC(=O)c1ccc(Nc2nn(-c3ccccc3)c(=O)[nH]2)cc1. The number of nitrogens with zero attached hydrogens (tertiary/aromatic N) is 2. The highest BCUT2D eigenvalue weighted by molar-refractivity contribution is 5.95. The number of ether oxygens (including phenoxy) is 1. The van der Waals surface area contributed by atoms with Crippen molar-refractivity contribution in [2.45, 2.75) is 38.6 Å². The molecule has 2 atom stereocenters. The highest BCUT2D eigenvalue weighted by atomic mass is 16.5. The first-order chi connectivity index (χ1) is 16.0. The summed E-state index contributed by atoms with van der Waals surface area (Å²) >= 11 is 0. The quantitative estimate of drug-likeness (QED) is 0.477. The maximum atomic E-state index is 12.8. The molecule has 0 saturated heterocycles. The van der Waals surface area contributed by atoms with Crippen molar-refractivity contribution in [2.75, 3.05) is 11.9 Å². The normalized spacial score (nSPS) is 17.8. The summed E-state index contributed by atoms with van der Waals surface area (Å²) in [6.07, 6.45) is 3.41. The van der Waals surface area contributed by atoms with E-state index in [1.165, 1.54) is 4.68 Å². The third kappa shape index (κ3) is 5.31. The van der Waals surface area contributed by atoms with Gasteiger partial charge in [-0.2, -0.15) is 4.68 Å². The second kappa shape index (κ2) is 10.2. The van der Waals surface area contributed by atoms with Crippen LogP contribution in [0.2, 0.25) is 0 Å². The van der Waals surface area contributed by atoms with Crippen LogP contribution >= 0.6 is 0 Å². The lowest BCUT2D eigenvalue weighted by Gasteiger charge is -2.30. The summed E-state index contributed by atoms with van der Waals surface area (Å²) in [5, 5.41) is 10.3. The Labute approximate surface area is 191 Å². The van der Waals surface area contributed by atoms with E-state index < -0.39 is 0 Å². The van der Waals surface area contributed by atoms with Crippen molar-refractivity contribution in [2.24, 2.45) is 5.92 Å². The van der Waals surface area contributed by atoms with E-state index in [-0.39, 0.29) is 29.5 Å². The third-order valence-corrected chi connectivity index (χ3v) is 5.70. The smallest absolute Gasteiger partial charge is 0.349 e. The Balaban J connectivity index is 1.40. The first kappa shape index (κ1) is 22.3. The molecule has 2 aromatic carbocycles. The first-order valence-electron chi connectivity index (χ1n) is 11.1. The summed E-state index contributed by atoms with van der Waals surface area (Å²) in [5.74, 6) is -0.490. The van der Waals surface area contributed by atoms with Crippen molar-refractivity contribution >= 4 is 23.5 Å². The van der Waals surface area contributed by atoms with Gasteiger partial charge in [0.15, 0.2) is 0 Å². The minimum Gasteiger partial charge on any atom is -0.466 e. The van der Waals surface area contributed by atoms with Gasteiger partial charge < -0.3 is 15.4 Å². The molecule has 0 spiro atoms. The fourth-order valence-electron chi connectivity index (χ4n) is 4.05. The lowest BCUT2D eigenvalue weighted by Crippen LogP contribution is -2.45. The molecule has 0 bridgehead atoms. The molecule has 172 valence electrons. The number of para-hydroxylation sites is 1. The Morgan fingerprint density at radius 2 is 1.82 bits per heavy atom. The molecule has 1 amide bonds. The van der Waals surface area contributed by atoms with Gasteiger partial charge in [-0.1, -0.05) is 31.0 Å².